The van der Waals surface area contributed by atoms with Gasteiger partial charge in [-0.3, -0.25) is 4.31 Å². The van der Waals surface area contributed by atoms with E-state index in [9.17, 15) is 8.42 Å². The Labute approximate surface area is 133 Å². The fourth-order valence-corrected chi connectivity index (χ4v) is 3.81. The van der Waals surface area contributed by atoms with E-state index in [1.165, 1.54) is 4.31 Å². The zero-order chi connectivity index (χ0) is 16.3. The van der Waals surface area contributed by atoms with Gasteiger partial charge in [0, 0.05) is 0 Å². The molecule has 0 saturated carbocycles. The highest BCUT2D eigenvalue weighted by atomic mass is 32.2. The van der Waals surface area contributed by atoms with E-state index in [1.54, 1.807) is 30.3 Å². The van der Waals surface area contributed by atoms with Gasteiger partial charge in [0.15, 0.2) is 0 Å². The van der Waals surface area contributed by atoms with Crippen molar-refractivity contribution in [2.75, 3.05) is 10.8 Å². The van der Waals surface area contributed by atoms with E-state index in [4.69, 9.17) is 0 Å². The van der Waals surface area contributed by atoms with Crippen molar-refractivity contribution in [2.45, 2.75) is 25.7 Å². The zero-order valence-corrected chi connectivity index (χ0v) is 14.0. The predicted molar refractivity (Wildman–Crippen MR) is 91.8 cm³/mol. The molecule has 4 heteroatoms. The second kappa shape index (κ2) is 6.36. The summed E-state index contributed by atoms with van der Waals surface area (Å²) in [6, 6.07) is 12.7. The predicted octanol–water partition coefficient (Wildman–Crippen LogP) is 3.99. The van der Waals surface area contributed by atoms with Gasteiger partial charge in [0.2, 0.25) is 0 Å². The maximum atomic E-state index is 12.9. The molecule has 2 aromatic rings. The van der Waals surface area contributed by atoms with Gasteiger partial charge in [-0.1, -0.05) is 29.8 Å². The number of aryl methyl sites for hydroxylation is 3. The molecule has 0 bridgehead atoms. The molecule has 0 unspecified atom stereocenters. The SMILES string of the molecule is C=CCN(c1cc(C)cc(C)c1)S(=O)(=O)c1ccc(C)cc1. The fourth-order valence-electron chi connectivity index (χ4n) is 2.39. The van der Waals surface area contributed by atoms with E-state index in [0.717, 1.165) is 16.7 Å². The van der Waals surface area contributed by atoms with Crippen molar-refractivity contribution < 1.29 is 8.42 Å². The van der Waals surface area contributed by atoms with Gasteiger partial charge in [-0.25, -0.2) is 8.42 Å². The molecule has 2 rings (SSSR count). The molecule has 0 aliphatic heterocycles. The van der Waals surface area contributed by atoms with Crippen molar-refractivity contribution in [3.63, 3.8) is 0 Å². The van der Waals surface area contributed by atoms with Crippen LogP contribution in [0.1, 0.15) is 16.7 Å². The van der Waals surface area contributed by atoms with Crippen molar-refractivity contribution in [3.8, 4) is 0 Å². The monoisotopic (exact) mass is 315 g/mol. The first-order valence-corrected chi connectivity index (χ1v) is 8.57. The van der Waals surface area contributed by atoms with Crippen LogP contribution in [0, 0.1) is 20.8 Å². The molecule has 0 spiro atoms. The van der Waals surface area contributed by atoms with Crippen LogP contribution in [0.15, 0.2) is 60.0 Å². The summed E-state index contributed by atoms with van der Waals surface area (Å²) in [4.78, 5) is 0.291. The summed E-state index contributed by atoms with van der Waals surface area (Å²) >= 11 is 0. The molecule has 116 valence electrons. The van der Waals surface area contributed by atoms with Gasteiger partial charge in [0.05, 0.1) is 17.1 Å². The van der Waals surface area contributed by atoms with Crippen molar-refractivity contribution in [2.24, 2.45) is 0 Å². The van der Waals surface area contributed by atoms with Gasteiger partial charge in [0.25, 0.3) is 10.0 Å². The Morgan fingerprint density at radius 3 is 2.00 bits per heavy atom. The molecular formula is C18H21NO2S. The van der Waals surface area contributed by atoms with Crippen LogP contribution in [0.4, 0.5) is 5.69 Å². The van der Waals surface area contributed by atoms with Gasteiger partial charge < -0.3 is 0 Å². The molecule has 0 radical (unpaired) electrons. The van der Waals surface area contributed by atoms with Gasteiger partial charge in [-0.2, -0.15) is 0 Å². The minimum atomic E-state index is -3.60. The number of hydrogen-bond acceptors (Lipinski definition) is 2. The van der Waals surface area contributed by atoms with Crippen molar-refractivity contribution in [3.05, 3.63) is 71.8 Å². The van der Waals surface area contributed by atoms with Crippen molar-refractivity contribution in [1.82, 2.24) is 0 Å². The third kappa shape index (κ3) is 3.39. The minimum Gasteiger partial charge on any atom is -0.263 e. The molecule has 0 aliphatic rings. The smallest absolute Gasteiger partial charge is 0.263 e. The highest BCUT2D eigenvalue weighted by Crippen LogP contribution is 2.26. The van der Waals surface area contributed by atoms with Gasteiger partial charge >= 0.3 is 0 Å². The topological polar surface area (TPSA) is 37.4 Å². The number of anilines is 1. The van der Waals surface area contributed by atoms with E-state index in [-0.39, 0.29) is 6.54 Å². The number of nitrogens with zero attached hydrogens (tertiary/aromatic N) is 1. The average molecular weight is 315 g/mol. The maximum absolute atomic E-state index is 12.9. The van der Waals surface area contributed by atoms with Crippen LogP contribution in [0.2, 0.25) is 0 Å². The molecular weight excluding hydrogens is 294 g/mol. The van der Waals surface area contributed by atoms with Crippen LogP contribution >= 0.6 is 0 Å². The lowest BCUT2D eigenvalue weighted by Crippen LogP contribution is -2.31. The molecule has 0 amide bonds. The quantitative estimate of drug-likeness (QED) is 0.782. The highest BCUT2D eigenvalue weighted by Gasteiger charge is 2.24. The normalized spacial score (nSPS) is 11.2. The summed E-state index contributed by atoms with van der Waals surface area (Å²) < 4.78 is 27.3. The Morgan fingerprint density at radius 2 is 1.50 bits per heavy atom. The first kappa shape index (κ1) is 16.3. The largest absolute Gasteiger partial charge is 0.264 e. The van der Waals surface area contributed by atoms with Crippen molar-refractivity contribution in [1.29, 1.82) is 0 Å². The molecule has 0 aromatic heterocycles. The molecule has 0 aliphatic carbocycles. The molecule has 0 N–H and O–H groups in total. The van der Waals surface area contributed by atoms with E-state index in [2.05, 4.69) is 6.58 Å². The minimum absolute atomic E-state index is 0.235. The second-order valence-electron chi connectivity index (χ2n) is 5.48. The van der Waals surface area contributed by atoms with E-state index in [1.807, 2.05) is 39.0 Å². The molecule has 0 saturated heterocycles. The summed E-state index contributed by atoms with van der Waals surface area (Å²) in [5.74, 6) is 0. The summed E-state index contributed by atoms with van der Waals surface area (Å²) in [7, 11) is -3.60. The number of benzene rings is 2. The van der Waals surface area contributed by atoms with E-state index in [0.29, 0.717) is 10.6 Å². The first-order valence-electron chi connectivity index (χ1n) is 7.13. The van der Waals surface area contributed by atoms with Crippen LogP contribution in [0.3, 0.4) is 0 Å². The lowest BCUT2D eigenvalue weighted by molar-refractivity contribution is 0.593. The van der Waals surface area contributed by atoms with Crippen molar-refractivity contribution >= 4 is 15.7 Å². The Balaban J connectivity index is 2.55. The first-order chi connectivity index (χ1) is 10.3. The highest BCUT2D eigenvalue weighted by molar-refractivity contribution is 7.92. The van der Waals surface area contributed by atoms with Gasteiger partial charge in [0.1, 0.15) is 0 Å². The van der Waals surface area contributed by atoms with Crippen LogP contribution in [0.5, 0.6) is 0 Å². The standard InChI is InChI=1S/C18H21NO2S/c1-5-10-19(17-12-15(3)11-16(4)13-17)22(20,21)18-8-6-14(2)7-9-18/h5-9,11-13H,1,10H2,2-4H3. The third-order valence-corrected chi connectivity index (χ3v) is 5.21. The number of hydrogen-bond donors (Lipinski definition) is 0. The summed E-state index contributed by atoms with van der Waals surface area (Å²) in [5.41, 5.74) is 3.75. The second-order valence-corrected chi connectivity index (χ2v) is 7.35. The van der Waals surface area contributed by atoms with Crippen LogP contribution < -0.4 is 4.31 Å². The molecule has 2 aromatic carbocycles. The summed E-state index contributed by atoms with van der Waals surface area (Å²) in [6.45, 7) is 9.77. The number of sulfonamides is 1. The molecule has 3 nitrogen and oxygen atoms in total. The van der Waals surface area contributed by atoms with Crippen LogP contribution in [0.25, 0.3) is 0 Å². The maximum Gasteiger partial charge on any atom is 0.264 e. The lowest BCUT2D eigenvalue weighted by Gasteiger charge is -2.24. The Bertz CT molecular complexity index is 757. The third-order valence-electron chi connectivity index (χ3n) is 3.40. The molecule has 0 heterocycles. The summed E-state index contributed by atoms with van der Waals surface area (Å²) in [6.07, 6.45) is 1.60. The summed E-state index contributed by atoms with van der Waals surface area (Å²) in [5, 5.41) is 0. The van der Waals surface area contributed by atoms with E-state index < -0.39 is 10.0 Å². The van der Waals surface area contributed by atoms with E-state index >= 15 is 0 Å². The van der Waals surface area contributed by atoms with Crippen LogP contribution in [-0.2, 0) is 10.0 Å². The number of rotatable bonds is 5. The zero-order valence-electron chi connectivity index (χ0n) is 13.2. The molecule has 0 fully saturated rings. The average Bonchev–Trinajstić information content (AvgIpc) is 2.44. The molecule has 0 atom stereocenters. The van der Waals surface area contributed by atoms with Gasteiger partial charge in [-0.15, -0.1) is 6.58 Å². The van der Waals surface area contributed by atoms with Gasteiger partial charge in [-0.05, 0) is 56.2 Å². The Morgan fingerprint density at radius 1 is 0.955 bits per heavy atom. The Kier molecular flexibility index (Phi) is 4.71. The fraction of sp³-hybridized carbons (Fsp3) is 0.222. The Hall–Kier alpha value is -2.07. The van der Waals surface area contributed by atoms with Crippen LogP contribution in [-0.4, -0.2) is 15.0 Å². The lowest BCUT2D eigenvalue weighted by atomic mass is 10.1. The molecule has 22 heavy (non-hydrogen) atoms.